The fraction of sp³-hybridized carbons (Fsp3) is 0.625. The Morgan fingerprint density at radius 1 is 1.10 bits per heavy atom. The van der Waals surface area contributed by atoms with E-state index in [4.69, 9.17) is 8.92 Å². The second kappa shape index (κ2) is 7.27. The molecule has 4 nitrogen and oxygen atoms in total. The summed E-state index contributed by atoms with van der Waals surface area (Å²) < 4.78 is 33.8. The summed E-state index contributed by atoms with van der Waals surface area (Å²) in [5.74, 6) is 0.980. The van der Waals surface area contributed by atoms with Crippen molar-refractivity contribution in [1.29, 1.82) is 0 Å². The zero-order chi connectivity index (χ0) is 15.3. The molecule has 2 rings (SSSR count). The number of benzene rings is 1. The van der Waals surface area contributed by atoms with Crippen LogP contribution in [0.15, 0.2) is 24.3 Å². The maximum Gasteiger partial charge on any atom is 0.264 e. The third-order valence-corrected chi connectivity index (χ3v) is 4.47. The van der Waals surface area contributed by atoms with Gasteiger partial charge in [-0.25, -0.2) is 0 Å². The van der Waals surface area contributed by atoms with Crippen LogP contribution in [0.4, 0.5) is 0 Å². The third-order valence-electron chi connectivity index (χ3n) is 3.87. The molecule has 0 aromatic heterocycles. The van der Waals surface area contributed by atoms with Gasteiger partial charge in [-0.05, 0) is 37.5 Å². The Morgan fingerprint density at radius 2 is 1.76 bits per heavy atom. The van der Waals surface area contributed by atoms with Crippen molar-refractivity contribution < 1.29 is 17.3 Å². The van der Waals surface area contributed by atoms with Crippen molar-refractivity contribution in [3.8, 4) is 5.75 Å². The maximum absolute atomic E-state index is 11.5. The lowest BCUT2D eigenvalue weighted by atomic mass is 9.89. The minimum Gasteiger partial charge on any atom is -0.494 e. The molecule has 1 aliphatic carbocycles. The number of rotatable bonds is 5. The summed E-state index contributed by atoms with van der Waals surface area (Å²) in [6.07, 6.45) is 5.92. The molecule has 1 saturated carbocycles. The van der Waals surface area contributed by atoms with Gasteiger partial charge in [0, 0.05) is 5.92 Å². The third kappa shape index (κ3) is 5.00. The van der Waals surface area contributed by atoms with E-state index in [0.29, 0.717) is 6.61 Å². The summed E-state index contributed by atoms with van der Waals surface area (Å²) in [6, 6.07) is 7.95. The number of ether oxygens (including phenoxy) is 1. The van der Waals surface area contributed by atoms with E-state index >= 15 is 0 Å². The molecule has 1 aromatic rings. The fourth-order valence-electron chi connectivity index (χ4n) is 2.97. The Hall–Kier alpha value is -1.07. The molecular formula is C16H24O4S. The first-order valence-corrected chi connectivity index (χ1v) is 9.42. The Kier molecular flexibility index (Phi) is 5.65. The Bertz CT molecular complexity index is 536. The summed E-state index contributed by atoms with van der Waals surface area (Å²) >= 11 is 0. The molecular weight excluding hydrogens is 288 g/mol. The van der Waals surface area contributed by atoms with E-state index in [-0.39, 0.29) is 12.0 Å². The van der Waals surface area contributed by atoms with Crippen molar-refractivity contribution in [3.63, 3.8) is 0 Å². The summed E-state index contributed by atoms with van der Waals surface area (Å²) in [5, 5.41) is 0. The molecule has 0 bridgehead atoms. The predicted molar refractivity (Wildman–Crippen MR) is 83.2 cm³/mol. The van der Waals surface area contributed by atoms with Crippen LogP contribution in [0.5, 0.6) is 5.75 Å². The van der Waals surface area contributed by atoms with Gasteiger partial charge >= 0.3 is 0 Å². The van der Waals surface area contributed by atoms with Crippen molar-refractivity contribution >= 4 is 10.1 Å². The molecule has 0 radical (unpaired) electrons. The molecule has 21 heavy (non-hydrogen) atoms. The van der Waals surface area contributed by atoms with Gasteiger partial charge in [0.2, 0.25) is 0 Å². The van der Waals surface area contributed by atoms with E-state index < -0.39 is 10.1 Å². The first-order chi connectivity index (χ1) is 9.99. The average Bonchev–Trinajstić information content (AvgIpc) is 2.64. The van der Waals surface area contributed by atoms with E-state index in [1.54, 1.807) is 0 Å². The Morgan fingerprint density at radius 3 is 2.38 bits per heavy atom. The molecule has 118 valence electrons. The lowest BCUT2D eigenvalue weighted by Gasteiger charge is -2.24. The molecule has 0 saturated heterocycles. The summed E-state index contributed by atoms with van der Waals surface area (Å²) in [7, 11) is -3.42. The number of hydrogen-bond acceptors (Lipinski definition) is 4. The molecule has 0 heterocycles. The van der Waals surface area contributed by atoms with E-state index in [0.717, 1.165) is 49.7 Å². The summed E-state index contributed by atoms with van der Waals surface area (Å²) in [6.45, 7) is 2.60. The van der Waals surface area contributed by atoms with Crippen molar-refractivity contribution in [2.75, 3.05) is 12.9 Å². The van der Waals surface area contributed by atoms with Crippen LogP contribution in [0.25, 0.3) is 0 Å². The molecule has 5 heteroatoms. The van der Waals surface area contributed by atoms with Gasteiger partial charge < -0.3 is 4.74 Å². The Balaban J connectivity index is 2.19. The fourth-order valence-corrected chi connectivity index (χ4v) is 3.65. The van der Waals surface area contributed by atoms with Crippen molar-refractivity contribution in [3.05, 3.63) is 29.8 Å². The highest BCUT2D eigenvalue weighted by atomic mass is 32.2. The van der Waals surface area contributed by atoms with Gasteiger partial charge in [-0.2, -0.15) is 8.42 Å². The Labute approximate surface area is 127 Å². The van der Waals surface area contributed by atoms with Crippen LogP contribution in [-0.4, -0.2) is 27.4 Å². The van der Waals surface area contributed by atoms with Gasteiger partial charge in [0.15, 0.2) is 0 Å². The smallest absolute Gasteiger partial charge is 0.264 e. The maximum atomic E-state index is 11.5. The topological polar surface area (TPSA) is 52.6 Å². The molecule has 1 fully saturated rings. The van der Waals surface area contributed by atoms with Crippen LogP contribution < -0.4 is 4.74 Å². The molecule has 0 unspecified atom stereocenters. The van der Waals surface area contributed by atoms with Crippen LogP contribution in [0.3, 0.4) is 0 Å². The lowest BCUT2D eigenvalue weighted by Crippen LogP contribution is -2.24. The van der Waals surface area contributed by atoms with Crippen LogP contribution in [0, 0.1) is 0 Å². The first kappa shape index (κ1) is 16.3. The van der Waals surface area contributed by atoms with E-state index in [1.165, 1.54) is 0 Å². The minimum absolute atomic E-state index is 0.137. The monoisotopic (exact) mass is 312 g/mol. The van der Waals surface area contributed by atoms with Gasteiger partial charge in [0.1, 0.15) is 5.75 Å². The van der Waals surface area contributed by atoms with Crippen LogP contribution in [0.1, 0.15) is 50.5 Å². The first-order valence-electron chi connectivity index (χ1n) is 7.60. The van der Waals surface area contributed by atoms with Crippen LogP contribution in [-0.2, 0) is 14.3 Å². The molecule has 0 N–H and O–H groups in total. The van der Waals surface area contributed by atoms with Crippen molar-refractivity contribution in [1.82, 2.24) is 0 Å². The molecule has 0 amide bonds. The van der Waals surface area contributed by atoms with Gasteiger partial charge in [-0.15, -0.1) is 0 Å². The predicted octanol–water partition coefficient (Wildman–Crippen LogP) is 3.48. The van der Waals surface area contributed by atoms with Crippen LogP contribution in [0.2, 0.25) is 0 Å². The zero-order valence-corrected chi connectivity index (χ0v) is 13.6. The molecule has 0 spiro atoms. The highest BCUT2D eigenvalue weighted by molar-refractivity contribution is 7.86. The average molecular weight is 312 g/mol. The molecule has 0 aliphatic heterocycles. The highest BCUT2D eigenvalue weighted by Gasteiger charge is 2.28. The molecule has 2 atom stereocenters. The number of hydrogen-bond donors (Lipinski definition) is 0. The van der Waals surface area contributed by atoms with E-state index in [9.17, 15) is 8.42 Å². The minimum atomic E-state index is -3.42. The summed E-state index contributed by atoms with van der Waals surface area (Å²) in [4.78, 5) is 0. The highest BCUT2D eigenvalue weighted by Crippen LogP contribution is 2.35. The van der Waals surface area contributed by atoms with Gasteiger partial charge in [0.25, 0.3) is 10.1 Å². The standard InChI is InChI=1S/C16H24O4S/c1-3-19-14-11-9-13(10-12-14)15-7-5-4-6-8-16(15)20-21(2,17)18/h9-12,15-16H,3-8H2,1-2H3/t15-,16+/m1/s1. The molecule has 1 aliphatic rings. The SMILES string of the molecule is CCOc1ccc([C@H]2CCCCC[C@@H]2OS(C)(=O)=O)cc1. The van der Waals surface area contributed by atoms with Gasteiger partial charge in [-0.1, -0.05) is 31.4 Å². The molecule has 1 aromatic carbocycles. The van der Waals surface area contributed by atoms with Gasteiger partial charge in [0.05, 0.1) is 19.0 Å². The van der Waals surface area contributed by atoms with Gasteiger partial charge in [-0.3, -0.25) is 4.18 Å². The van der Waals surface area contributed by atoms with E-state index in [1.807, 2.05) is 31.2 Å². The van der Waals surface area contributed by atoms with Crippen molar-refractivity contribution in [2.45, 2.75) is 51.0 Å². The quantitative estimate of drug-likeness (QED) is 0.617. The van der Waals surface area contributed by atoms with Crippen LogP contribution >= 0.6 is 0 Å². The normalized spacial score (nSPS) is 23.5. The largest absolute Gasteiger partial charge is 0.494 e. The van der Waals surface area contributed by atoms with E-state index in [2.05, 4.69) is 0 Å². The lowest BCUT2D eigenvalue weighted by molar-refractivity contribution is 0.170. The second-order valence-corrected chi connectivity index (χ2v) is 7.19. The second-order valence-electron chi connectivity index (χ2n) is 5.59. The zero-order valence-electron chi connectivity index (χ0n) is 12.7. The van der Waals surface area contributed by atoms with Crippen molar-refractivity contribution in [2.24, 2.45) is 0 Å². The summed E-state index contributed by atoms with van der Waals surface area (Å²) in [5.41, 5.74) is 1.13.